The molecule has 1 aromatic rings. The van der Waals surface area contributed by atoms with Crippen LogP contribution in [0.15, 0.2) is 24.3 Å². The van der Waals surface area contributed by atoms with Gasteiger partial charge in [0.25, 0.3) is 5.69 Å². The Kier molecular flexibility index (Phi) is 4.79. The molecule has 2 aliphatic carbocycles. The molecule has 3 rings (SSSR count). The summed E-state index contributed by atoms with van der Waals surface area (Å²) in [5, 5.41) is 16.7. The minimum absolute atomic E-state index is 0.0784. The van der Waals surface area contributed by atoms with Gasteiger partial charge in [-0.2, -0.15) is 0 Å². The van der Waals surface area contributed by atoms with Crippen molar-refractivity contribution >= 4 is 17.3 Å². The van der Waals surface area contributed by atoms with Crippen LogP contribution in [0.4, 0.5) is 11.4 Å². The van der Waals surface area contributed by atoms with Crippen LogP contribution in [0.3, 0.4) is 0 Å². The Hall–Kier alpha value is -2.11. The topological polar surface area (TPSA) is 84.3 Å². The number of nitro groups is 1. The van der Waals surface area contributed by atoms with Crippen LogP contribution in [0.1, 0.15) is 32.1 Å². The summed E-state index contributed by atoms with van der Waals surface area (Å²) >= 11 is 0. The number of amides is 1. The van der Waals surface area contributed by atoms with Crippen molar-refractivity contribution in [1.82, 2.24) is 5.32 Å². The predicted molar refractivity (Wildman–Crippen MR) is 88.2 cm³/mol. The van der Waals surface area contributed by atoms with Gasteiger partial charge in [0.05, 0.1) is 4.92 Å². The molecule has 2 bridgehead atoms. The normalized spacial score (nSPS) is 25.3. The van der Waals surface area contributed by atoms with E-state index in [4.69, 9.17) is 0 Å². The molecule has 6 heteroatoms. The maximum absolute atomic E-state index is 12.0. The van der Waals surface area contributed by atoms with Crippen molar-refractivity contribution < 1.29 is 9.72 Å². The van der Waals surface area contributed by atoms with E-state index in [9.17, 15) is 14.9 Å². The van der Waals surface area contributed by atoms with Crippen LogP contribution in [-0.4, -0.2) is 23.9 Å². The van der Waals surface area contributed by atoms with Crippen molar-refractivity contribution in [2.75, 3.05) is 18.4 Å². The fourth-order valence-electron chi connectivity index (χ4n) is 4.05. The first-order valence-corrected chi connectivity index (χ1v) is 8.37. The highest BCUT2D eigenvalue weighted by molar-refractivity contribution is 5.76. The standard InChI is InChI=1S/C17H23N3O3/c21-17(11-14-10-12-1-2-13(14)9-12)19-8-7-18-15-3-5-16(6-4-15)20(22)23/h3-6,12-14,18H,1-2,7-11H2,(H,19,21)/t12-,13-,14+/m1/s1. The van der Waals surface area contributed by atoms with E-state index in [1.165, 1.54) is 37.8 Å². The molecule has 3 atom stereocenters. The van der Waals surface area contributed by atoms with Crippen LogP contribution in [0.5, 0.6) is 0 Å². The Morgan fingerprint density at radius 2 is 1.96 bits per heavy atom. The van der Waals surface area contributed by atoms with Gasteiger partial charge < -0.3 is 10.6 Å². The number of nitrogens with one attached hydrogen (secondary N) is 2. The number of hydrogen-bond acceptors (Lipinski definition) is 4. The van der Waals surface area contributed by atoms with Crippen molar-refractivity contribution in [3.63, 3.8) is 0 Å². The first-order valence-electron chi connectivity index (χ1n) is 8.37. The summed E-state index contributed by atoms with van der Waals surface area (Å²) in [5.74, 6) is 2.40. The summed E-state index contributed by atoms with van der Waals surface area (Å²) in [7, 11) is 0. The zero-order valence-electron chi connectivity index (χ0n) is 13.2. The van der Waals surface area contributed by atoms with Gasteiger partial charge in [-0.15, -0.1) is 0 Å². The zero-order chi connectivity index (χ0) is 16.2. The van der Waals surface area contributed by atoms with E-state index in [1.54, 1.807) is 12.1 Å². The second kappa shape index (κ2) is 6.98. The van der Waals surface area contributed by atoms with Gasteiger partial charge in [-0.05, 0) is 49.1 Å². The first-order chi connectivity index (χ1) is 11.1. The number of carbonyl (C=O) groups excluding carboxylic acids is 1. The highest BCUT2D eigenvalue weighted by Crippen LogP contribution is 2.49. The molecule has 23 heavy (non-hydrogen) atoms. The average Bonchev–Trinajstić information content (AvgIpc) is 3.15. The van der Waals surface area contributed by atoms with Gasteiger partial charge >= 0.3 is 0 Å². The van der Waals surface area contributed by atoms with Crippen molar-refractivity contribution in [3.8, 4) is 0 Å². The van der Waals surface area contributed by atoms with E-state index in [0.29, 0.717) is 25.4 Å². The minimum atomic E-state index is -0.417. The Bertz CT molecular complexity index is 573. The number of anilines is 1. The number of nitrogens with zero attached hydrogens (tertiary/aromatic N) is 1. The molecule has 2 saturated carbocycles. The molecular formula is C17H23N3O3. The molecule has 1 amide bonds. The van der Waals surface area contributed by atoms with Gasteiger partial charge in [-0.3, -0.25) is 14.9 Å². The number of hydrogen-bond donors (Lipinski definition) is 2. The third kappa shape index (κ3) is 4.00. The predicted octanol–water partition coefficient (Wildman–Crippen LogP) is 2.95. The van der Waals surface area contributed by atoms with Gasteiger partial charge in [-0.25, -0.2) is 0 Å². The van der Waals surface area contributed by atoms with E-state index in [0.717, 1.165) is 17.5 Å². The van der Waals surface area contributed by atoms with Gasteiger partial charge in [-0.1, -0.05) is 6.42 Å². The van der Waals surface area contributed by atoms with E-state index in [1.807, 2.05) is 0 Å². The fraction of sp³-hybridized carbons (Fsp3) is 0.588. The third-order valence-corrected chi connectivity index (χ3v) is 5.19. The summed E-state index contributed by atoms with van der Waals surface area (Å²) in [6.45, 7) is 1.18. The van der Waals surface area contributed by atoms with Crippen molar-refractivity contribution in [3.05, 3.63) is 34.4 Å². The van der Waals surface area contributed by atoms with Crippen LogP contribution in [0.2, 0.25) is 0 Å². The molecule has 0 aromatic heterocycles. The van der Waals surface area contributed by atoms with Gasteiger partial charge in [0, 0.05) is 37.3 Å². The maximum Gasteiger partial charge on any atom is 0.269 e. The lowest BCUT2D eigenvalue weighted by Crippen LogP contribution is -2.31. The smallest absolute Gasteiger partial charge is 0.269 e. The minimum Gasteiger partial charge on any atom is -0.383 e. The maximum atomic E-state index is 12.0. The van der Waals surface area contributed by atoms with Gasteiger partial charge in [0.15, 0.2) is 0 Å². The second-order valence-corrected chi connectivity index (χ2v) is 6.72. The van der Waals surface area contributed by atoms with Crippen LogP contribution < -0.4 is 10.6 Å². The largest absolute Gasteiger partial charge is 0.383 e. The lowest BCUT2D eigenvalue weighted by molar-refractivity contribution is -0.384. The molecule has 0 radical (unpaired) electrons. The summed E-state index contributed by atoms with van der Waals surface area (Å²) < 4.78 is 0. The zero-order valence-corrected chi connectivity index (χ0v) is 13.2. The molecule has 2 fully saturated rings. The van der Waals surface area contributed by atoms with Gasteiger partial charge in [0.2, 0.25) is 5.91 Å². The van der Waals surface area contributed by atoms with Crippen LogP contribution in [0.25, 0.3) is 0 Å². The lowest BCUT2D eigenvalue weighted by Gasteiger charge is -2.20. The Morgan fingerprint density at radius 1 is 1.17 bits per heavy atom. The Balaban J connectivity index is 1.33. The molecule has 2 aliphatic rings. The van der Waals surface area contributed by atoms with Crippen LogP contribution in [0, 0.1) is 27.9 Å². The monoisotopic (exact) mass is 317 g/mol. The Morgan fingerprint density at radius 3 is 2.57 bits per heavy atom. The fourth-order valence-corrected chi connectivity index (χ4v) is 4.05. The van der Waals surface area contributed by atoms with Crippen molar-refractivity contribution in [2.45, 2.75) is 32.1 Å². The third-order valence-electron chi connectivity index (χ3n) is 5.19. The molecule has 0 spiro atoms. The number of fused-ring (bicyclic) bond motifs is 2. The van der Waals surface area contributed by atoms with Crippen molar-refractivity contribution in [2.24, 2.45) is 17.8 Å². The summed E-state index contributed by atoms with van der Waals surface area (Å²) in [6, 6.07) is 6.29. The quantitative estimate of drug-likeness (QED) is 0.460. The first kappa shape index (κ1) is 15.8. The van der Waals surface area contributed by atoms with E-state index in [-0.39, 0.29) is 11.6 Å². The second-order valence-electron chi connectivity index (χ2n) is 6.72. The van der Waals surface area contributed by atoms with Crippen LogP contribution in [-0.2, 0) is 4.79 Å². The molecule has 1 aromatic carbocycles. The van der Waals surface area contributed by atoms with Gasteiger partial charge in [0.1, 0.15) is 0 Å². The van der Waals surface area contributed by atoms with Crippen LogP contribution >= 0.6 is 0 Å². The van der Waals surface area contributed by atoms with E-state index >= 15 is 0 Å². The molecule has 0 unspecified atom stereocenters. The number of non-ortho nitro benzene ring substituents is 1. The SMILES string of the molecule is O=C(C[C@@H]1C[C@@H]2CC[C@@H]1C2)NCCNc1ccc([N+](=O)[O-])cc1. The lowest BCUT2D eigenvalue weighted by atomic mass is 9.86. The molecule has 124 valence electrons. The number of carbonyl (C=O) groups is 1. The molecule has 2 N–H and O–H groups in total. The molecule has 6 nitrogen and oxygen atoms in total. The highest BCUT2D eigenvalue weighted by Gasteiger charge is 2.39. The highest BCUT2D eigenvalue weighted by atomic mass is 16.6. The average molecular weight is 317 g/mol. The number of rotatable bonds is 7. The molecule has 0 heterocycles. The molecule has 0 aliphatic heterocycles. The van der Waals surface area contributed by atoms with E-state index in [2.05, 4.69) is 10.6 Å². The molecular weight excluding hydrogens is 294 g/mol. The Labute approximate surface area is 135 Å². The summed E-state index contributed by atoms with van der Waals surface area (Å²) in [4.78, 5) is 22.2. The molecule has 0 saturated heterocycles. The number of nitro benzene ring substituents is 1. The van der Waals surface area contributed by atoms with E-state index < -0.39 is 4.92 Å². The number of benzene rings is 1. The van der Waals surface area contributed by atoms with Crippen molar-refractivity contribution in [1.29, 1.82) is 0 Å². The summed E-state index contributed by atoms with van der Waals surface area (Å²) in [6.07, 6.45) is 5.91. The summed E-state index contributed by atoms with van der Waals surface area (Å²) in [5.41, 5.74) is 0.896.